The molecule has 2 aromatic carbocycles. The third-order valence-electron chi connectivity index (χ3n) is 5.59. The second kappa shape index (κ2) is 10.6. The molecule has 1 amide bonds. The van der Waals surface area contributed by atoms with Crippen molar-refractivity contribution in [3.05, 3.63) is 77.0 Å². The van der Waals surface area contributed by atoms with Crippen molar-refractivity contribution in [2.24, 2.45) is 0 Å². The normalized spacial score (nSPS) is 12.7. The van der Waals surface area contributed by atoms with E-state index >= 15 is 0 Å². The van der Waals surface area contributed by atoms with Gasteiger partial charge in [0.2, 0.25) is 5.95 Å². The molecule has 0 fully saturated rings. The molecule has 2 heterocycles. The summed E-state index contributed by atoms with van der Waals surface area (Å²) < 4.78 is 43.4. The topological polar surface area (TPSA) is 96.4 Å². The van der Waals surface area contributed by atoms with Gasteiger partial charge in [-0.15, -0.1) is 0 Å². The van der Waals surface area contributed by atoms with E-state index in [1.807, 2.05) is 29.2 Å². The van der Waals surface area contributed by atoms with Gasteiger partial charge in [-0.1, -0.05) is 30.3 Å². The Morgan fingerprint density at radius 3 is 2.58 bits per heavy atom. The first-order valence-corrected chi connectivity index (χ1v) is 11.3. The predicted molar refractivity (Wildman–Crippen MR) is 127 cm³/mol. The number of hydrogen-bond acceptors (Lipinski definition) is 7. The second-order valence-corrected chi connectivity index (χ2v) is 8.00. The third kappa shape index (κ3) is 5.73. The maximum absolute atomic E-state index is 12.9. The molecular weight excluding hydrogens is 475 g/mol. The number of rotatable bonds is 8. The fraction of sp³-hybridized carbons (Fsp3) is 0.280. The monoisotopic (exact) mass is 499 g/mol. The number of hydrogen-bond donors (Lipinski definition) is 2. The summed E-state index contributed by atoms with van der Waals surface area (Å²) in [5.41, 5.74) is 2.01. The highest BCUT2D eigenvalue weighted by Gasteiger charge is 2.30. The van der Waals surface area contributed by atoms with Gasteiger partial charge in [0.25, 0.3) is 5.91 Å². The summed E-state index contributed by atoms with van der Waals surface area (Å²) in [6.07, 6.45) is -2.25. The zero-order valence-electron chi connectivity index (χ0n) is 19.4. The van der Waals surface area contributed by atoms with Gasteiger partial charge >= 0.3 is 12.1 Å². The average molecular weight is 499 g/mol. The Hall–Kier alpha value is -4.15. The quantitative estimate of drug-likeness (QED) is 0.451. The molecule has 0 bridgehead atoms. The Kier molecular flexibility index (Phi) is 7.37. The van der Waals surface area contributed by atoms with Gasteiger partial charge in [-0.25, -0.2) is 4.98 Å². The minimum atomic E-state index is -4.43. The van der Waals surface area contributed by atoms with Crippen molar-refractivity contribution in [1.29, 1.82) is 0 Å². The number of nitrogens with zero attached hydrogens (tertiary/aromatic N) is 3. The van der Waals surface area contributed by atoms with Gasteiger partial charge < -0.3 is 20.3 Å². The lowest BCUT2D eigenvalue weighted by Crippen LogP contribution is -2.31. The largest absolute Gasteiger partial charge is 0.465 e. The average Bonchev–Trinajstić information content (AvgIpc) is 3.30. The number of ether oxygens (including phenoxy) is 1. The van der Waals surface area contributed by atoms with Crippen LogP contribution >= 0.6 is 0 Å². The lowest BCUT2D eigenvalue weighted by molar-refractivity contribution is -0.142. The SMILES string of the molecule is CCOC(=O)CNC(=O)c1cnc(N2CCc3ccccc32)nc1NCc1ccc(C(F)(F)F)cc1. The molecule has 1 aliphatic rings. The van der Waals surface area contributed by atoms with Crippen LogP contribution in [0.5, 0.6) is 0 Å². The van der Waals surface area contributed by atoms with E-state index < -0.39 is 23.6 Å². The van der Waals surface area contributed by atoms with Crippen molar-refractivity contribution >= 4 is 29.3 Å². The van der Waals surface area contributed by atoms with Crippen molar-refractivity contribution in [1.82, 2.24) is 15.3 Å². The van der Waals surface area contributed by atoms with Gasteiger partial charge in [-0.3, -0.25) is 9.59 Å². The number of aromatic nitrogens is 2. The number of esters is 1. The molecule has 0 saturated heterocycles. The van der Waals surface area contributed by atoms with Crippen molar-refractivity contribution < 1.29 is 27.5 Å². The van der Waals surface area contributed by atoms with E-state index in [4.69, 9.17) is 4.74 Å². The van der Waals surface area contributed by atoms with Crippen LogP contribution in [-0.2, 0) is 28.7 Å². The summed E-state index contributed by atoms with van der Waals surface area (Å²) in [6.45, 7) is 2.29. The minimum Gasteiger partial charge on any atom is -0.465 e. The van der Waals surface area contributed by atoms with E-state index in [-0.39, 0.29) is 31.1 Å². The van der Waals surface area contributed by atoms with Crippen LogP contribution in [0.4, 0.5) is 30.6 Å². The first-order chi connectivity index (χ1) is 17.3. The molecule has 0 radical (unpaired) electrons. The highest BCUT2D eigenvalue weighted by molar-refractivity contribution is 6.00. The molecule has 188 valence electrons. The summed E-state index contributed by atoms with van der Waals surface area (Å²) in [5, 5.41) is 5.51. The molecule has 3 aromatic rings. The first-order valence-electron chi connectivity index (χ1n) is 11.3. The number of para-hydroxylation sites is 1. The van der Waals surface area contributed by atoms with Gasteiger partial charge in [0, 0.05) is 25.0 Å². The third-order valence-corrected chi connectivity index (χ3v) is 5.59. The number of benzene rings is 2. The number of halogens is 3. The Balaban J connectivity index is 1.58. The Morgan fingerprint density at radius 1 is 1.11 bits per heavy atom. The maximum atomic E-state index is 12.9. The molecule has 0 saturated carbocycles. The number of amides is 1. The molecule has 0 unspecified atom stereocenters. The number of fused-ring (bicyclic) bond motifs is 1. The molecular formula is C25H24F3N5O3. The second-order valence-electron chi connectivity index (χ2n) is 8.00. The molecule has 0 aliphatic carbocycles. The van der Waals surface area contributed by atoms with E-state index in [9.17, 15) is 22.8 Å². The van der Waals surface area contributed by atoms with E-state index in [0.29, 0.717) is 18.1 Å². The summed E-state index contributed by atoms with van der Waals surface area (Å²) in [4.78, 5) is 35.3. The summed E-state index contributed by atoms with van der Waals surface area (Å²) >= 11 is 0. The molecule has 2 N–H and O–H groups in total. The van der Waals surface area contributed by atoms with Gasteiger partial charge in [0.1, 0.15) is 17.9 Å². The lowest BCUT2D eigenvalue weighted by Gasteiger charge is -2.19. The lowest BCUT2D eigenvalue weighted by atomic mass is 10.1. The minimum absolute atomic E-state index is 0.0856. The number of anilines is 3. The molecule has 1 aliphatic heterocycles. The van der Waals surface area contributed by atoms with Crippen molar-refractivity contribution in [3.63, 3.8) is 0 Å². The standard InChI is InChI=1S/C25H24F3N5O3/c1-2-36-21(34)15-30-23(35)19-14-31-24(33-12-11-17-5-3-4-6-20(17)33)32-22(19)29-13-16-7-9-18(10-8-16)25(26,27)28/h3-10,14H,2,11-13,15H2,1H3,(H,30,35)(H,29,31,32). The summed E-state index contributed by atoms with van der Waals surface area (Å²) in [5.74, 6) is -0.620. The van der Waals surface area contributed by atoms with E-state index in [2.05, 4.69) is 20.6 Å². The highest BCUT2D eigenvalue weighted by atomic mass is 19.4. The Labute approximate surface area is 205 Å². The molecule has 1 aromatic heterocycles. The molecule has 11 heteroatoms. The van der Waals surface area contributed by atoms with E-state index in [1.54, 1.807) is 6.92 Å². The Morgan fingerprint density at radius 2 is 1.86 bits per heavy atom. The fourth-order valence-electron chi connectivity index (χ4n) is 3.81. The summed E-state index contributed by atoms with van der Waals surface area (Å²) in [6, 6.07) is 12.6. The molecule has 0 atom stereocenters. The molecule has 8 nitrogen and oxygen atoms in total. The number of carbonyl (C=O) groups is 2. The number of nitrogens with one attached hydrogen (secondary N) is 2. The van der Waals surface area contributed by atoms with Gasteiger partial charge in [0.05, 0.1) is 12.2 Å². The van der Waals surface area contributed by atoms with Crippen LogP contribution in [0, 0.1) is 0 Å². The van der Waals surface area contributed by atoms with Crippen LogP contribution in [0.1, 0.15) is 34.0 Å². The number of alkyl halides is 3. The van der Waals surface area contributed by atoms with Gasteiger partial charge in [0.15, 0.2) is 0 Å². The smallest absolute Gasteiger partial charge is 0.416 e. The molecule has 0 spiro atoms. The van der Waals surface area contributed by atoms with Crippen molar-refractivity contribution in [2.75, 3.05) is 29.9 Å². The van der Waals surface area contributed by atoms with Crippen molar-refractivity contribution in [3.8, 4) is 0 Å². The maximum Gasteiger partial charge on any atom is 0.416 e. The molecule has 4 rings (SSSR count). The van der Waals surface area contributed by atoms with E-state index in [1.165, 1.54) is 18.3 Å². The van der Waals surface area contributed by atoms with Crippen LogP contribution in [0.25, 0.3) is 0 Å². The van der Waals surface area contributed by atoms with Crippen LogP contribution in [0.15, 0.2) is 54.7 Å². The highest BCUT2D eigenvalue weighted by Crippen LogP contribution is 2.33. The van der Waals surface area contributed by atoms with E-state index in [0.717, 1.165) is 29.8 Å². The Bertz CT molecular complexity index is 1250. The zero-order valence-corrected chi connectivity index (χ0v) is 19.4. The van der Waals surface area contributed by atoms with Gasteiger partial charge in [-0.2, -0.15) is 18.2 Å². The molecule has 36 heavy (non-hydrogen) atoms. The zero-order chi connectivity index (χ0) is 25.7. The van der Waals surface area contributed by atoms with Gasteiger partial charge in [-0.05, 0) is 42.7 Å². The fourth-order valence-corrected chi connectivity index (χ4v) is 3.81. The van der Waals surface area contributed by atoms with Crippen LogP contribution in [0.3, 0.4) is 0 Å². The predicted octanol–water partition coefficient (Wildman–Crippen LogP) is 4.09. The summed E-state index contributed by atoms with van der Waals surface area (Å²) in [7, 11) is 0. The van der Waals surface area contributed by atoms with Crippen LogP contribution in [0.2, 0.25) is 0 Å². The van der Waals surface area contributed by atoms with Crippen LogP contribution < -0.4 is 15.5 Å². The number of carbonyl (C=O) groups excluding carboxylic acids is 2. The first kappa shape index (κ1) is 25.0. The van der Waals surface area contributed by atoms with Crippen LogP contribution in [-0.4, -0.2) is 41.5 Å². The van der Waals surface area contributed by atoms with Crippen molar-refractivity contribution in [2.45, 2.75) is 26.1 Å².